The summed E-state index contributed by atoms with van der Waals surface area (Å²) in [5.74, 6) is 0. The maximum Gasteiger partial charge on any atom is 0.328 e. The number of aromatic nitrogens is 3. The minimum Gasteiger partial charge on any atom is -0.393 e. The van der Waals surface area contributed by atoms with Crippen molar-refractivity contribution >= 4 is 5.69 Å². The zero-order chi connectivity index (χ0) is 12.3. The largest absolute Gasteiger partial charge is 0.393 e. The van der Waals surface area contributed by atoms with Crippen molar-refractivity contribution in [1.82, 2.24) is 14.5 Å². The van der Waals surface area contributed by atoms with Crippen molar-refractivity contribution in [3.63, 3.8) is 0 Å². The Morgan fingerprint density at radius 3 is 2.88 bits per heavy atom. The SMILES string of the molecule is Nc1cn(CCc2ccccn2)c(=O)[nH]c1=O. The third kappa shape index (κ3) is 2.60. The summed E-state index contributed by atoms with van der Waals surface area (Å²) in [6, 6.07) is 5.58. The van der Waals surface area contributed by atoms with Gasteiger partial charge in [0.05, 0.1) is 0 Å². The third-order valence-electron chi connectivity index (χ3n) is 2.37. The lowest BCUT2D eigenvalue weighted by atomic mass is 10.3. The predicted octanol–water partition coefficient (Wildman–Crippen LogP) is -0.243. The van der Waals surface area contributed by atoms with E-state index in [-0.39, 0.29) is 5.69 Å². The van der Waals surface area contributed by atoms with Gasteiger partial charge in [0.2, 0.25) is 0 Å². The van der Waals surface area contributed by atoms with Crippen LogP contribution in [0, 0.1) is 0 Å². The Morgan fingerprint density at radius 1 is 1.35 bits per heavy atom. The molecule has 6 heteroatoms. The Kier molecular flexibility index (Phi) is 3.04. The van der Waals surface area contributed by atoms with Gasteiger partial charge < -0.3 is 5.73 Å². The van der Waals surface area contributed by atoms with E-state index in [9.17, 15) is 9.59 Å². The van der Waals surface area contributed by atoms with Crippen LogP contribution in [0.15, 0.2) is 40.2 Å². The van der Waals surface area contributed by atoms with Gasteiger partial charge in [0, 0.05) is 31.1 Å². The van der Waals surface area contributed by atoms with Crippen LogP contribution in [0.1, 0.15) is 5.69 Å². The second-order valence-corrected chi connectivity index (χ2v) is 3.61. The first-order chi connectivity index (χ1) is 8.16. The monoisotopic (exact) mass is 232 g/mol. The summed E-state index contributed by atoms with van der Waals surface area (Å²) in [6.07, 6.45) is 3.65. The number of aryl methyl sites for hydroxylation is 2. The van der Waals surface area contributed by atoms with Gasteiger partial charge in [-0.1, -0.05) is 6.07 Å². The molecule has 88 valence electrons. The fourth-order valence-electron chi connectivity index (χ4n) is 1.47. The van der Waals surface area contributed by atoms with Gasteiger partial charge in [-0.2, -0.15) is 0 Å². The van der Waals surface area contributed by atoms with E-state index in [0.717, 1.165) is 5.69 Å². The van der Waals surface area contributed by atoms with Gasteiger partial charge in [-0.05, 0) is 12.1 Å². The molecule has 3 N–H and O–H groups in total. The lowest BCUT2D eigenvalue weighted by molar-refractivity contribution is 0.640. The van der Waals surface area contributed by atoms with Gasteiger partial charge in [-0.3, -0.25) is 19.3 Å². The molecule has 0 aromatic carbocycles. The smallest absolute Gasteiger partial charge is 0.328 e. The number of hydrogen-bond donors (Lipinski definition) is 2. The number of rotatable bonds is 3. The van der Waals surface area contributed by atoms with E-state index in [4.69, 9.17) is 5.73 Å². The third-order valence-corrected chi connectivity index (χ3v) is 2.37. The average Bonchev–Trinajstić information content (AvgIpc) is 2.33. The van der Waals surface area contributed by atoms with Crippen LogP contribution < -0.4 is 17.0 Å². The van der Waals surface area contributed by atoms with Gasteiger partial charge in [0.1, 0.15) is 5.69 Å². The van der Waals surface area contributed by atoms with E-state index in [2.05, 4.69) is 9.97 Å². The fourth-order valence-corrected chi connectivity index (χ4v) is 1.47. The van der Waals surface area contributed by atoms with Gasteiger partial charge >= 0.3 is 5.69 Å². The lowest BCUT2D eigenvalue weighted by Gasteiger charge is -2.05. The van der Waals surface area contributed by atoms with E-state index < -0.39 is 11.2 Å². The number of nitrogens with one attached hydrogen (secondary N) is 1. The first kappa shape index (κ1) is 11.1. The molecule has 6 nitrogen and oxygen atoms in total. The van der Waals surface area contributed by atoms with Crippen LogP contribution in [-0.4, -0.2) is 14.5 Å². The lowest BCUT2D eigenvalue weighted by Crippen LogP contribution is -2.31. The summed E-state index contributed by atoms with van der Waals surface area (Å²) >= 11 is 0. The summed E-state index contributed by atoms with van der Waals surface area (Å²) in [4.78, 5) is 28.8. The Bertz CT molecular complexity index is 615. The van der Waals surface area contributed by atoms with Crippen LogP contribution >= 0.6 is 0 Å². The van der Waals surface area contributed by atoms with Crippen molar-refractivity contribution in [2.75, 3.05) is 5.73 Å². The van der Waals surface area contributed by atoms with Crippen LogP contribution in [0.2, 0.25) is 0 Å². The van der Waals surface area contributed by atoms with E-state index in [1.807, 2.05) is 18.2 Å². The molecule has 0 spiro atoms. The highest BCUT2D eigenvalue weighted by Crippen LogP contribution is 1.97. The number of aromatic amines is 1. The van der Waals surface area contributed by atoms with Gasteiger partial charge in [0.15, 0.2) is 0 Å². The highest BCUT2D eigenvalue weighted by atomic mass is 16.2. The second kappa shape index (κ2) is 4.65. The molecule has 0 saturated heterocycles. The van der Waals surface area contributed by atoms with Gasteiger partial charge in [-0.15, -0.1) is 0 Å². The summed E-state index contributed by atoms with van der Waals surface area (Å²) in [7, 11) is 0. The highest BCUT2D eigenvalue weighted by Gasteiger charge is 2.01. The standard InChI is InChI=1S/C11H12N4O2/c12-9-7-15(11(17)14-10(9)16)6-4-8-3-1-2-5-13-8/h1-3,5,7H,4,6,12H2,(H,14,16,17). The minimum absolute atomic E-state index is 0.0330. The molecular formula is C11H12N4O2. The Hall–Kier alpha value is -2.37. The molecule has 0 fully saturated rings. The van der Waals surface area contributed by atoms with Crippen molar-refractivity contribution in [3.8, 4) is 0 Å². The molecule has 0 aliphatic carbocycles. The number of nitrogen functional groups attached to an aromatic ring is 1. The maximum absolute atomic E-state index is 11.4. The number of nitrogens with two attached hydrogens (primary N) is 1. The summed E-state index contributed by atoms with van der Waals surface area (Å²) in [6.45, 7) is 0.427. The minimum atomic E-state index is -0.552. The van der Waals surface area contributed by atoms with Crippen LogP contribution in [0.3, 0.4) is 0 Å². The Morgan fingerprint density at radius 2 is 2.18 bits per heavy atom. The first-order valence-corrected chi connectivity index (χ1v) is 5.16. The van der Waals surface area contributed by atoms with E-state index >= 15 is 0 Å². The van der Waals surface area contributed by atoms with Crippen molar-refractivity contribution in [2.45, 2.75) is 13.0 Å². The molecular weight excluding hydrogens is 220 g/mol. The van der Waals surface area contributed by atoms with Crippen LogP contribution in [0.25, 0.3) is 0 Å². The second-order valence-electron chi connectivity index (χ2n) is 3.61. The van der Waals surface area contributed by atoms with Crippen molar-refractivity contribution in [2.24, 2.45) is 0 Å². The quantitative estimate of drug-likeness (QED) is 0.763. The van der Waals surface area contributed by atoms with E-state index in [0.29, 0.717) is 13.0 Å². The molecule has 2 rings (SSSR count). The van der Waals surface area contributed by atoms with Crippen LogP contribution in [0.4, 0.5) is 5.69 Å². The number of H-pyrrole nitrogens is 1. The van der Waals surface area contributed by atoms with Gasteiger partial charge in [-0.25, -0.2) is 4.79 Å². The summed E-state index contributed by atoms with van der Waals surface area (Å²) in [5, 5.41) is 0. The number of nitrogens with zero attached hydrogens (tertiary/aromatic N) is 2. The Balaban J connectivity index is 2.18. The summed E-state index contributed by atoms with van der Waals surface area (Å²) < 4.78 is 1.37. The Labute approximate surface area is 96.8 Å². The van der Waals surface area contributed by atoms with Crippen LogP contribution in [-0.2, 0) is 13.0 Å². The molecule has 0 aliphatic rings. The van der Waals surface area contributed by atoms with Crippen molar-refractivity contribution < 1.29 is 0 Å². The molecule has 0 unspecified atom stereocenters. The molecule has 0 atom stereocenters. The molecule has 0 bridgehead atoms. The summed E-state index contributed by atoms with van der Waals surface area (Å²) in [5.41, 5.74) is 5.34. The molecule has 2 aromatic rings. The molecule has 0 aliphatic heterocycles. The zero-order valence-corrected chi connectivity index (χ0v) is 9.09. The molecule has 0 radical (unpaired) electrons. The van der Waals surface area contributed by atoms with E-state index in [1.54, 1.807) is 6.20 Å². The van der Waals surface area contributed by atoms with Gasteiger partial charge in [0.25, 0.3) is 5.56 Å². The maximum atomic E-state index is 11.4. The van der Waals surface area contributed by atoms with E-state index in [1.165, 1.54) is 10.8 Å². The topological polar surface area (TPSA) is 93.8 Å². The molecule has 2 heterocycles. The first-order valence-electron chi connectivity index (χ1n) is 5.16. The molecule has 2 aromatic heterocycles. The molecule has 0 amide bonds. The molecule has 17 heavy (non-hydrogen) atoms. The van der Waals surface area contributed by atoms with Crippen molar-refractivity contribution in [1.29, 1.82) is 0 Å². The van der Waals surface area contributed by atoms with Crippen molar-refractivity contribution in [3.05, 3.63) is 57.1 Å². The number of anilines is 1. The number of pyridine rings is 1. The normalized spacial score (nSPS) is 10.4. The van der Waals surface area contributed by atoms with Crippen LogP contribution in [0.5, 0.6) is 0 Å². The zero-order valence-electron chi connectivity index (χ0n) is 9.09. The molecule has 0 saturated carbocycles. The fraction of sp³-hybridized carbons (Fsp3) is 0.182. The highest BCUT2D eigenvalue weighted by molar-refractivity contribution is 5.30. The predicted molar refractivity (Wildman–Crippen MR) is 63.7 cm³/mol. The average molecular weight is 232 g/mol. The number of hydrogen-bond acceptors (Lipinski definition) is 4.